The standard InChI is InChI=1S/C16H17FN2O2/c1-10-5-3-4-6-11(10)9-19(2)13-8-7-12(17)15(18)14(13)16(20)21/h3-8H,9,18H2,1-2H3,(H,20,21). The van der Waals surface area contributed by atoms with Crippen LogP contribution in [0.15, 0.2) is 36.4 Å². The van der Waals surface area contributed by atoms with Gasteiger partial charge in [0.05, 0.1) is 11.4 Å². The molecule has 0 heterocycles. The number of nitrogens with zero attached hydrogens (tertiary/aromatic N) is 1. The molecule has 0 aromatic heterocycles. The topological polar surface area (TPSA) is 66.6 Å². The normalized spacial score (nSPS) is 10.4. The van der Waals surface area contributed by atoms with E-state index in [1.165, 1.54) is 12.1 Å². The average Bonchev–Trinajstić information content (AvgIpc) is 2.43. The van der Waals surface area contributed by atoms with Gasteiger partial charge in [0.15, 0.2) is 0 Å². The van der Waals surface area contributed by atoms with Crippen LogP contribution in [0.2, 0.25) is 0 Å². The highest BCUT2D eigenvalue weighted by Crippen LogP contribution is 2.28. The van der Waals surface area contributed by atoms with Gasteiger partial charge in [-0.05, 0) is 30.2 Å². The summed E-state index contributed by atoms with van der Waals surface area (Å²) >= 11 is 0. The van der Waals surface area contributed by atoms with Crippen LogP contribution in [0, 0.1) is 12.7 Å². The maximum Gasteiger partial charge on any atom is 0.340 e. The number of rotatable bonds is 4. The maximum atomic E-state index is 13.5. The van der Waals surface area contributed by atoms with E-state index in [1.807, 2.05) is 31.2 Å². The number of nitrogens with two attached hydrogens (primary N) is 1. The molecule has 5 heteroatoms. The Morgan fingerprint density at radius 2 is 1.95 bits per heavy atom. The second-order valence-electron chi connectivity index (χ2n) is 4.94. The fraction of sp³-hybridized carbons (Fsp3) is 0.188. The molecule has 2 aromatic rings. The number of hydrogen-bond donors (Lipinski definition) is 2. The minimum absolute atomic E-state index is 0.203. The third-order valence-electron chi connectivity index (χ3n) is 3.46. The van der Waals surface area contributed by atoms with E-state index in [9.17, 15) is 14.3 Å². The van der Waals surface area contributed by atoms with E-state index in [1.54, 1.807) is 11.9 Å². The highest BCUT2D eigenvalue weighted by atomic mass is 19.1. The van der Waals surface area contributed by atoms with Gasteiger partial charge in [0.2, 0.25) is 0 Å². The van der Waals surface area contributed by atoms with Crippen LogP contribution >= 0.6 is 0 Å². The van der Waals surface area contributed by atoms with Crippen molar-refractivity contribution in [3.8, 4) is 0 Å². The molecule has 110 valence electrons. The van der Waals surface area contributed by atoms with Crippen molar-refractivity contribution in [2.75, 3.05) is 17.7 Å². The molecule has 0 amide bonds. The number of carbonyl (C=O) groups is 1. The molecule has 0 bridgehead atoms. The second-order valence-corrected chi connectivity index (χ2v) is 4.94. The van der Waals surface area contributed by atoms with Crippen LogP contribution in [0.1, 0.15) is 21.5 Å². The van der Waals surface area contributed by atoms with Crippen molar-refractivity contribution in [1.82, 2.24) is 0 Å². The SMILES string of the molecule is Cc1ccccc1CN(C)c1ccc(F)c(N)c1C(=O)O. The summed E-state index contributed by atoms with van der Waals surface area (Å²) in [5.74, 6) is -1.96. The molecule has 0 fully saturated rings. The number of aryl methyl sites for hydroxylation is 1. The summed E-state index contributed by atoms with van der Waals surface area (Å²) in [4.78, 5) is 13.1. The van der Waals surface area contributed by atoms with E-state index in [2.05, 4.69) is 0 Å². The molecule has 0 atom stereocenters. The van der Waals surface area contributed by atoms with E-state index in [0.29, 0.717) is 12.2 Å². The van der Waals surface area contributed by atoms with Gasteiger partial charge in [-0.2, -0.15) is 0 Å². The van der Waals surface area contributed by atoms with Crippen molar-refractivity contribution < 1.29 is 14.3 Å². The summed E-state index contributed by atoms with van der Waals surface area (Å²) in [6.45, 7) is 2.50. The summed E-state index contributed by atoms with van der Waals surface area (Å²) in [5, 5.41) is 9.27. The molecule has 4 nitrogen and oxygen atoms in total. The van der Waals surface area contributed by atoms with Crippen molar-refractivity contribution in [2.24, 2.45) is 0 Å². The minimum atomic E-state index is -1.24. The predicted molar refractivity (Wildman–Crippen MR) is 81.1 cm³/mol. The zero-order valence-electron chi connectivity index (χ0n) is 11.9. The number of hydrogen-bond acceptors (Lipinski definition) is 3. The van der Waals surface area contributed by atoms with Gasteiger partial charge in [-0.1, -0.05) is 24.3 Å². The van der Waals surface area contributed by atoms with Crippen LogP contribution < -0.4 is 10.6 Å². The van der Waals surface area contributed by atoms with Gasteiger partial charge in [-0.25, -0.2) is 9.18 Å². The second kappa shape index (κ2) is 5.83. The first-order valence-corrected chi connectivity index (χ1v) is 6.48. The summed E-state index contributed by atoms with van der Waals surface area (Å²) in [7, 11) is 1.76. The van der Waals surface area contributed by atoms with E-state index in [4.69, 9.17) is 5.73 Å². The molecule has 21 heavy (non-hydrogen) atoms. The Hall–Kier alpha value is -2.56. The van der Waals surface area contributed by atoms with E-state index < -0.39 is 11.8 Å². The number of nitrogen functional groups attached to an aromatic ring is 1. The van der Waals surface area contributed by atoms with Gasteiger partial charge in [0.1, 0.15) is 11.4 Å². The number of carboxylic acids is 1. The van der Waals surface area contributed by atoms with Crippen LogP contribution in [-0.2, 0) is 6.54 Å². The van der Waals surface area contributed by atoms with Gasteiger partial charge < -0.3 is 15.7 Å². The number of anilines is 2. The van der Waals surface area contributed by atoms with E-state index in [0.717, 1.165) is 11.1 Å². The van der Waals surface area contributed by atoms with Crippen LogP contribution in [0.3, 0.4) is 0 Å². The highest BCUT2D eigenvalue weighted by Gasteiger charge is 2.20. The Bertz CT molecular complexity index is 686. The first kappa shape index (κ1) is 14.8. The molecule has 0 aliphatic heterocycles. The van der Waals surface area contributed by atoms with E-state index >= 15 is 0 Å². The third-order valence-corrected chi connectivity index (χ3v) is 3.46. The van der Waals surface area contributed by atoms with Crippen LogP contribution in [0.4, 0.5) is 15.8 Å². The van der Waals surface area contributed by atoms with Crippen LogP contribution in [0.5, 0.6) is 0 Å². The molecular formula is C16H17FN2O2. The molecule has 2 aromatic carbocycles. The van der Waals surface area contributed by atoms with Crippen molar-refractivity contribution in [3.63, 3.8) is 0 Å². The Balaban J connectivity index is 2.40. The molecule has 0 radical (unpaired) electrons. The number of carboxylic acid groups (broad SMARTS) is 1. The Kier molecular flexibility index (Phi) is 4.12. The van der Waals surface area contributed by atoms with Crippen LogP contribution in [0.25, 0.3) is 0 Å². The van der Waals surface area contributed by atoms with Crippen molar-refractivity contribution in [2.45, 2.75) is 13.5 Å². The maximum absolute atomic E-state index is 13.5. The monoisotopic (exact) mass is 288 g/mol. The first-order chi connectivity index (χ1) is 9.91. The van der Waals surface area contributed by atoms with Crippen LogP contribution in [-0.4, -0.2) is 18.1 Å². The highest BCUT2D eigenvalue weighted by molar-refractivity contribution is 6.00. The smallest absolute Gasteiger partial charge is 0.340 e. The fourth-order valence-corrected chi connectivity index (χ4v) is 2.25. The largest absolute Gasteiger partial charge is 0.478 e. The molecule has 0 saturated heterocycles. The average molecular weight is 288 g/mol. The number of aromatic carboxylic acids is 1. The lowest BCUT2D eigenvalue weighted by molar-refractivity contribution is 0.0698. The number of benzene rings is 2. The molecule has 0 aliphatic rings. The Morgan fingerprint density at radius 3 is 2.57 bits per heavy atom. The van der Waals surface area contributed by atoms with E-state index in [-0.39, 0.29) is 11.3 Å². The summed E-state index contributed by atoms with van der Waals surface area (Å²) < 4.78 is 13.5. The molecule has 3 N–H and O–H groups in total. The van der Waals surface area contributed by atoms with Gasteiger partial charge >= 0.3 is 5.97 Å². The molecule has 0 saturated carbocycles. The lowest BCUT2D eigenvalue weighted by atomic mass is 10.1. The molecule has 2 rings (SSSR count). The zero-order valence-corrected chi connectivity index (χ0v) is 11.9. The van der Waals surface area contributed by atoms with Gasteiger partial charge in [0, 0.05) is 13.6 Å². The Morgan fingerprint density at radius 1 is 1.29 bits per heavy atom. The minimum Gasteiger partial charge on any atom is -0.478 e. The van der Waals surface area contributed by atoms with Gasteiger partial charge in [-0.3, -0.25) is 0 Å². The molecule has 0 spiro atoms. The molecule has 0 aliphatic carbocycles. The summed E-state index contributed by atoms with van der Waals surface area (Å²) in [6, 6.07) is 10.4. The summed E-state index contributed by atoms with van der Waals surface area (Å²) in [6.07, 6.45) is 0. The quantitative estimate of drug-likeness (QED) is 0.849. The lowest BCUT2D eigenvalue weighted by Gasteiger charge is -2.23. The number of halogens is 1. The van der Waals surface area contributed by atoms with Crippen molar-refractivity contribution >= 4 is 17.3 Å². The Labute approximate surface area is 122 Å². The summed E-state index contributed by atoms with van der Waals surface area (Å²) in [5.41, 5.74) is 7.59. The molecular weight excluding hydrogens is 271 g/mol. The lowest BCUT2D eigenvalue weighted by Crippen LogP contribution is -2.21. The molecule has 0 unspecified atom stereocenters. The van der Waals surface area contributed by atoms with Gasteiger partial charge in [0.25, 0.3) is 0 Å². The predicted octanol–water partition coefficient (Wildman–Crippen LogP) is 3.05. The fourth-order valence-electron chi connectivity index (χ4n) is 2.25. The van der Waals surface area contributed by atoms with Crippen molar-refractivity contribution in [3.05, 3.63) is 58.9 Å². The van der Waals surface area contributed by atoms with Crippen molar-refractivity contribution in [1.29, 1.82) is 0 Å². The zero-order chi connectivity index (χ0) is 15.6. The van der Waals surface area contributed by atoms with Gasteiger partial charge in [-0.15, -0.1) is 0 Å². The third kappa shape index (κ3) is 2.97. The first-order valence-electron chi connectivity index (χ1n) is 6.48.